The summed E-state index contributed by atoms with van der Waals surface area (Å²) in [6.07, 6.45) is 0. The number of carbonyl (C=O) groups is 2. The van der Waals surface area contributed by atoms with Crippen molar-refractivity contribution < 1.29 is 23.1 Å². The molecule has 2 amide bonds. The third-order valence-electron chi connectivity index (χ3n) is 5.67. The number of fused-ring (bicyclic) bond motifs is 1. The molecule has 1 fully saturated rings. The van der Waals surface area contributed by atoms with Gasteiger partial charge < -0.3 is 15.3 Å². The number of hydrogen-bond acceptors (Lipinski definition) is 7. The van der Waals surface area contributed by atoms with Gasteiger partial charge >= 0.3 is 0 Å². The Labute approximate surface area is 201 Å². The maximum atomic E-state index is 12.5. The second-order valence-electron chi connectivity index (χ2n) is 8.85. The first-order valence-electron chi connectivity index (χ1n) is 10.7. The number of nitrogens with zero attached hydrogens (tertiary/aromatic N) is 2. The lowest BCUT2D eigenvalue weighted by Gasteiger charge is -2.44. The summed E-state index contributed by atoms with van der Waals surface area (Å²) in [5.74, 6) is -1.27. The number of carbonyl (C=O) groups excluding carboxylic acids is 2. The van der Waals surface area contributed by atoms with Crippen molar-refractivity contribution in [3.8, 4) is 11.1 Å². The molecule has 180 valence electrons. The number of nitrogens with two attached hydrogens (primary N) is 1. The Morgan fingerprint density at radius 2 is 1.85 bits per heavy atom. The molecule has 0 spiro atoms. The summed E-state index contributed by atoms with van der Waals surface area (Å²) in [6.45, 7) is 4.05. The van der Waals surface area contributed by atoms with Crippen LogP contribution in [0, 0.1) is 0 Å². The van der Waals surface area contributed by atoms with Crippen molar-refractivity contribution in [2.24, 2.45) is 5.14 Å². The van der Waals surface area contributed by atoms with Gasteiger partial charge in [-0.1, -0.05) is 18.2 Å². The molecule has 0 saturated carbocycles. The number of sulfonamides is 1. The molecule has 34 heavy (non-hydrogen) atoms. The second kappa shape index (κ2) is 9.06. The number of β-amino-alcohol motifs (C(OH)–C–C–N with tert-alkyl or cyclic N) is 1. The quantitative estimate of drug-likeness (QED) is 0.449. The summed E-state index contributed by atoms with van der Waals surface area (Å²) in [7, 11) is -3.64. The average Bonchev–Trinajstić information content (AvgIpc) is 3.19. The predicted octanol–water partition coefficient (Wildman–Crippen LogP) is 1.68. The van der Waals surface area contributed by atoms with Crippen LogP contribution < -0.4 is 10.5 Å². The third kappa shape index (κ3) is 5.44. The minimum atomic E-state index is -3.64. The zero-order valence-electron chi connectivity index (χ0n) is 18.8. The van der Waals surface area contributed by atoms with E-state index in [1.807, 2.05) is 30.3 Å². The zero-order valence-corrected chi connectivity index (χ0v) is 20.4. The first-order valence-corrected chi connectivity index (χ1v) is 13.3. The molecule has 1 aliphatic rings. The third-order valence-corrected chi connectivity index (χ3v) is 7.64. The molecule has 0 aliphatic carbocycles. The summed E-state index contributed by atoms with van der Waals surface area (Å²) in [5.41, 5.74) is 2.44. The Hall–Kier alpha value is -2.86. The summed E-state index contributed by atoms with van der Waals surface area (Å²) in [5, 5.41) is 18.0. The highest BCUT2D eigenvalue weighted by atomic mass is 32.2. The maximum absolute atomic E-state index is 12.5. The van der Waals surface area contributed by atoms with E-state index in [1.54, 1.807) is 30.9 Å². The normalized spacial score (nSPS) is 16.2. The molecule has 11 heteroatoms. The largest absolute Gasteiger partial charge is 0.386 e. The molecule has 0 radical (unpaired) electrons. The maximum Gasteiger partial charge on any atom is 0.254 e. The molecule has 1 aliphatic heterocycles. The molecule has 3 aromatic rings. The number of benzene rings is 2. The van der Waals surface area contributed by atoms with Gasteiger partial charge in [0.05, 0.1) is 40.6 Å². The molecule has 9 nitrogen and oxygen atoms in total. The van der Waals surface area contributed by atoms with Crippen LogP contribution in [0.25, 0.3) is 21.3 Å². The number of primary sulfonamides is 1. The lowest BCUT2D eigenvalue weighted by atomic mass is 9.95. The van der Waals surface area contributed by atoms with Crippen LogP contribution in [0.3, 0.4) is 0 Å². The van der Waals surface area contributed by atoms with E-state index in [1.165, 1.54) is 11.3 Å². The number of amides is 2. The first-order chi connectivity index (χ1) is 15.9. The van der Waals surface area contributed by atoms with Crippen LogP contribution in [0.4, 0.5) is 0 Å². The fourth-order valence-electron chi connectivity index (χ4n) is 3.80. The highest BCUT2D eigenvalue weighted by molar-refractivity contribution is 7.89. The predicted molar refractivity (Wildman–Crippen MR) is 131 cm³/mol. The van der Waals surface area contributed by atoms with Gasteiger partial charge in [-0.2, -0.15) is 0 Å². The van der Waals surface area contributed by atoms with Crippen LogP contribution in [0.2, 0.25) is 0 Å². The molecule has 1 saturated heterocycles. The van der Waals surface area contributed by atoms with Crippen LogP contribution in [0.5, 0.6) is 0 Å². The monoisotopic (exact) mass is 502 g/mol. The van der Waals surface area contributed by atoms with Gasteiger partial charge in [-0.15, -0.1) is 11.3 Å². The van der Waals surface area contributed by atoms with Crippen LogP contribution in [-0.2, 0) is 14.8 Å². The lowest BCUT2D eigenvalue weighted by Crippen LogP contribution is -2.61. The van der Waals surface area contributed by atoms with Crippen molar-refractivity contribution in [3.05, 3.63) is 53.0 Å². The van der Waals surface area contributed by atoms with Crippen LogP contribution in [0.1, 0.15) is 35.1 Å². The van der Waals surface area contributed by atoms with Gasteiger partial charge in [0.15, 0.2) is 0 Å². The number of aliphatic hydroxyl groups is 1. The summed E-state index contributed by atoms with van der Waals surface area (Å²) >= 11 is 1.40. The summed E-state index contributed by atoms with van der Waals surface area (Å²) in [6, 6.07) is 13.1. The second-order valence-corrected chi connectivity index (χ2v) is 11.6. The molecule has 1 aromatic heterocycles. The van der Waals surface area contributed by atoms with Gasteiger partial charge in [0.25, 0.3) is 5.91 Å². The van der Waals surface area contributed by atoms with Gasteiger partial charge in [0.1, 0.15) is 5.01 Å². The molecule has 1 atom stereocenters. The molecule has 4 rings (SSSR count). The van der Waals surface area contributed by atoms with Crippen molar-refractivity contribution in [3.63, 3.8) is 0 Å². The van der Waals surface area contributed by atoms with Crippen molar-refractivity contribution in [2.45, 2.75) is 25.4 Å². The van der Waals surface area contributed by atoms with E-state index in [0.717, 1.165) is 21.3 Å². The molecule has 0 bridgehead atoms. The number of aromatic nitrogens is 1. The molecule has 2 aromatic carbocycles. The van der Waals surface area contributed by atoms with Crippen LogP contribution in [-0.4, -0.2) is 66.2 Å². The average molecular weight is 503 g/mol. The van der Waals surface area contributed by atoms with Gasteiger partial charge in [-0.25, -0.2) is 18.5 Å². The van der Waals surface area contributed by atoms with Crippen LogP contribution >= 0.6 is 11.3 Å². The number of rotatable bonds is 7. The number of nitrogens with one attached hydrogen (secondary N) is 1. The Morgan fingerprint density at radius 3 is 2.47 bits per heavy atom. The van der Waals surface area contributed by atoms with Gasteiger partial charge in [0.2, 0.25) is 15.9 Å². The van der Waals surface area contributed by atoms with Crippen molar-refractivity contribution >= 4 is 43.4 Å². The number of likely N-dealkylation sites (tertiary alicyclic amines) is 1. The fourth-order valence-corrected chi connectivity index (χ4v) is 5.24. The topological polar surface area (TPSA) is 143 Å². The molecule has 1 unspecified atom stereocenters. The zero-order chi connectivity index (χ0) is 24.7. The minimum Gasteiger partial charge on any atom is -0.386 e. The number of hydrogen-bond donors (Lipinski definition) is 3. The lowest BCUT2D eigenvalue weighted by molar-refractivity contribution is -0.122. The highest BCUT2D eigenvalue weighted by Crippen LogP contribution is 2.32. The van der Waals surface area contributed by atoms with Gasteiger partial charge in [-0.3, -0.25) is 9.59 Å². The minimum absolute atomic E-state index is 0.0490. The Kier molecular flexibility index (Phi) is 6.47. The van der Waals surface area contributed by atoms with E-state index < -0.39 is 21.5 Å². The fraction of sp³-hybridized carbons (Fsp3) is 0.348. The van der Waals surface area contributed by atoms with Crippen molar-refractivity contribution in [2.75, 3.05) is 25.4 Å². The van der Waals surface area contributed by atoms with E-state index in [0.29, 0.717) is 23.7 Å². The highest BCUT2D eigenvalue weighted by Gasteiger charge is 2.39. The van der Waals surface area contributed by atoms with E-state index in [-0.39, 0.29) is 24.1 Å². The van der Waals surface area contributed by atoms with E-state index >= 15 is 0 Å². The smallest absolute Gasteiger partial charge is 0.254 e. The Morgan fingerprint density at radius 1 is 1.21 bits per heavy atom. The van der Waals surface area contributed by atoms with Crippen molar-refractivity contribution in [1.29, 1.82) is 0 Å². The Balaban J connectivity index is 1.45. The molecule has 4 N–H and O–H groups in total. The van der Waals surface area contributed by atoms with Gasteiger partial charge in [0, 0.05) is 12.1 Å². The SMILES string of the molecule is CC(C(=O)NCCS(N)(=O)=O)c1nc2ccc(-c3ccc(C(=O)N4CC(C)(O)C4)cc3)cc2s1. The van der Waals surface area contributed by atoms with E-state index in [2.05, 4.69) is 10.3 Å². The van der Waals surface area contributed by atoms with E-state index in [9.17, 15) is 23.1 Å². The van der Waals surface area contributed by atoms with Crippen LogP contribution in [0.15, 0.2) is 42.5 Å². The summed E-state index contributed by atoms with van der Waals surface area (Å²) < 4.78 is 23.0. The van der Waals surface area contributed by atoms with Gasteiger partial charge in [-0.05, 0) is 49.2 Å². The molecular formula is C23H26N4O5S2. The number of thiazole rings is 1. The first kappa shape index (κ1) is 24.3. The van der Waals surface area contributed by atoms with E-state index in [4.69, 9.17) is 5.14 Å². The molecule has 2 heterocycles. The molecular weight excluding hydrogens is 476 g/mol. The van der Waals surface area contributed by atoms with Crippen molar-refractivity contribution in [1.82, 2.24) is 15.2 Å². The Bertz CT molecular complexity index is 1340. The summed E-state index contributed by atoms with van der Waals surface area (Å²) in [4.78, 5) is 31.1. The standard InChI is InChI=1S/C23H26N4O5S2/c1-14(20(28)25-9-10-34(24,31)32)21-26-18-8-7-17(11-19(18)33-21)15-3-5-16(6-4-15)22(29)27-12-23(2,30)13-27/h3-8,11,14,30H,9-10,12-13H2,1-2H3,(H,25,28)(H2,24,31,32).